The van der Waals surface area contributed by atoms with Crippen molar-refractivity contribution in [2.75, 3.05) is 13.2 Å². The van der Waals surface area contributed by atoms with Crippen LogP contribution in [0.25, 0.3) is 21.7 Å². The van der Waals surface area contributed by atoms with E-state index >= 15 is 0 Å². The summed E-state index contributed by atoms with van der Waals surface area (Å²) in [6, 6.07) is 19.8. The molecule has 2 heterocycles. The average molecular weight is 507 g/mol. The molecule has 1 unspecified atom stereocenters. The van der Waals surface area contributed by atoms with E-state index in [1.165, 1.54) is 0 Å². The molecule has 9 nitrogen and oxygen atoms in total. The number of rotatable bonds is 6. The Balaban J connectivity index is 1.51. The van der Waals surface area contributed by atoms with Gasteiger partial charge in [-0.1, -0.05) is 54.6 Å². The maximum absolute atomic E-state index is 13.5. The van der Waals surface area contributed by atoms with Crippen LogP contribution in [0.2, 0.25) is 0 Å². The Morgan fingerprint density at radius 2 is 1.78 bits per heavy atom. The third-order valence-electron chi connectivity index (χ3n) is 7.28. The maximum atomic E-state index is 13.5. The fourth-order valence-electron chi connectivity index (χ4n) is 5.19. The van der Waals surface area contributed by atoms with Crippen molar-refractivity contribution in [2.45, 2.75) is 43.6 Å². The van der Waals surface area contributed by atoms with E-state index in [-0.39, 0.29) is 5.56 Å². The molecule has 0 saturated carbocycles. The number of nitrogens with zero attached hydrogens (tertiary/aromatic N) is 1. The number of aliphatic hydroxyl groups is 5. The quantitative estimate of drug-likeness (QED) is 0.229. The molecule has 194 valence electrons. The summed E-state index contributed by atoms with van der Waals surface area (Å²) in [7, 11) is 0. The van der Waals surface area contributed by atoms with Crippen molar-refractivity contribution in [2.24, 2.45) is 0 Å². The first-order valence-electron chi connectivity index (χ1n) is 12.1. The molecule has 4 aromatic rings. The molecule has 0 spiro atoms. The van der Waals surface area contributed by atoms with E-state index < -0.39 is 49.3 Å². The van der Waals surface area contributed by atoms with Crippen LogP contribution >= 0.6 is 0 Å². The number of hydrogen-bond donors (Lipinski definition) is 6. The molecule has 5 atom stereocenters. The minimum Gasteiger partial charge on any atom is -0.394 e. The average Bonchev–Trinajstić information content (AvgIpc) is 3.28. The van der Waals surface area contributed by atoms with Gasteiger partial charge in [0, 0.05) is 18.1 Å². The number of benzene rings is 3. The largest absolute Gasteiger partial charge is 0.394 e. The van der Waals surface area contributed by atoms with Gasteiger partial charge in [-0.3, -0.25) is 4.79 Å². The lowest BCUT2D eigenvalue weighted by molar-refractivity contribution is -0.288. The first-order chi connectivity index (χ1) is 17.8. The second kappa shape index (κ2) is 9.86. The Labute approximate surface area is 213 Å². The van der Waals surface area contributed by atoms with Gasteiger partial charge in [0.2, 0.25) is 0 Å². The summed E-state index contributed by atoms with van der Waals surface area (Å²) in [5, 5.41) is 56.5. The van der Waals surface area contributed by atoms with Crippen LogP contribution in [0.15, 0.2) is 66.9 Å². The summed E-state index contributed by atoms with van der Waals surface area (Å²) >= 11 is 0. The van der Waals surface area contributed by atoms with Crippen molar-refractivity contribution >= 4 is 27.6 Å². The monoisotopic (exact) mass is 506 g/mol. The molecule has 0 radical (unpaired) electrons. The van der Waals surface area contributed by atoms with Crippen LogP contribution < -0.4 is 5.32 Å². The van der Waals surface area contributed by atoms with E-state index in [0.717, 1.165) is 27.4 Å². The number of carbonyl (C=O) groups excluding carboxylic acids is 1. The molecule has 37 heavy (non-hydrogen) atoms. The normalized spacial score (nSPS) is 26.0. The first-order valence-corrected chi connectivity index (χ1v) is 12.1. The van der Waals surface area contributed by atoms with E-state index in [1.54, 1.807) is 12.3 Å². The van der Waals surface area contributed by atoms with Crippen molar-refractivity contribution in [3.63, 3.8) is 0 Å². The molecule has 0 aliphatic carbocycles. The lowest BCUT2D eigenvalue weighted by Crippen LogP contribution is -2.74. The highest BCUT2D eigenvalue weighted by molar-refractivity contribution is 6.08. The van der Waals surface area contributed by atoms with E-state index in [0.29, 0.717) is 11.9 Å². The van der Waals surface area contributed by atoms with E-state index in [4.69, 9.17) is 4.74 Å². The van der Waals surface area contributed by atoms with Gasteiger partial charge in [-0.2, -0.15) is 0 Å². The highest BCUT2D eigenvalue weighted by atomic mass is 16.6. The van der Waals surface area contributed by atoms with Crippen molar-refractivity contribution in [1.29, 1.82) is 0 Å². The Bertz CT molecular complexity index is 1450. The zero-order valence-electron chi connectivity index (χ0n) is 20.3. The van der Waals surface area contributed by atoms with Crippen molar-refractivity contribution < 1.29 is 35.1 Å². The predicted molar refractivity (Wildman–Crippen MR) is 137 cm³/mol. The van der Waals surface area contributed by atoms with Crippen LogP contribution in [0.5, 0.6) is 0 Å². The first kappa shape index (κ1) is 25.3. The molecule has 1 amide bonds. The van der Waals surface area contributed by atoms with Gasteiger partial charge >= 0.3 is 0 Å². The summed E-state index contributed by atoms with van der Waals surface area (Å²) in [6.45, 7) is 0.872. The Kier molecular flexibility index (Phi) is 6.76. The van der Waals surface area contributed by atoms with Gasteiger partial charge in [0.1, 0.15) is 23.9 Å². The highest BCUT2D eigenvalue weighted by Crippen LogP contribution is 2.31. The smallest absolute Gasteiger partial charge is 0.254 e. The van der Waals surface area contributed by atoms with Crippen molar-refractivity contribution in [3.8, 4) is 0 Å². The summed E-state index contributed by atoms with van der Waals surface area (Å²) in [5.41, 5.74) is 1.02. The van der Waals surface area contributed by atoms with E-state index in [2.05, 4.69) is 17.4 Å². The fourth-order valence-corrected chi connectivity index (χ4v) is 5.19. The molecular formula is C28H30N2O7. The summed E-state index contributed by atoms with van der Waals surface area (Å²) in [5.74, 6) is -0.668. The molecule has 3 aromatic carbocycles. The number of carbonyl (C=O) groups is 1. The third kappa shape index (κ3) is 4.29. The standard InChI is InChI=1S/C28H30N2O7/c1-16-5-4-8-20-21(26(35)29-28(15-32)25(34)24(33)22(14-31)37-27(28)36)13-30(23(16)20)12-17-9-10-18-6-2-3-7-19(18)11-17/h2-11,13,22,24-25,27,31-34,36H,12,14-15H2,1H3,(H,29,35)/t22-,24-,25+,27?,28-/m1/s1. The van der Waals surface area contributed by atoms with Crippen LogP contribution in [0, 0.1) is 6.92 Å². The van der Waals surface area contributed by atoms with Crippen molar-refractivity contribution in [1.82, 2.24) is 9.88 Å². The number of fused-ring (bicyclic) bond motifs is 2. The molecule has 1 fully saturated rings. The number of aliphatic hydroxyl groups excluding tert-OH is 5. The molecular weight excluding hydrogens is 476 g/mol. The molecule has 1 aromatic heterocycles. The van der Waals surface area contributed by atoms with Gasteiger partial charge in [0.15, 0.2) is 6.29 Å². The zero-order chi connectivity index (χ0) is 26.3. The molecule has 1 saturated heterocycles. The molecule has 9 heteroatoms. The number of hydrogen-bond acceptors (Lipinski definition) is 7. The zero-order valence-corrected chi connectivity index (χ0v) is 20.3. The van der Waals surface area contributed by atoms with Gasteiger partial charge in [0.05, 0.1) is 24.3 Å². The minimum absolute atomic E-state index is 0.269. The SMILES string of the molecule is Cc1cccc2c(C(=O)N[C@@]3(CO)C(O)O[C@H](CO)[C@@H](O)[C@@H]3O)cn(Cc3ccc4ccccc4c3)c12. The highest BCUT2D eigenvalue weighted by Gasteiger charge is 2.56. The van der Waals surface area contributed by atoms with E-state index in [1.807, 2.05) is 54.0 Å². The lowest BCUT2D eigenvalue weighted by Gasteiger charge is -2.48. The van der Waals surface area contributed by atoms with Crippen molar-refractivity contribution in [3.05, 3.63) is 83.6 Å². The van der Waals surface area contributed by atoms with Gasteiger partial charge in [-0.15, -0.1) is 0 Å². The van der Waals surface area contributed by atoms with Crippen LogP contribution in [0.4, 0.5) is 0 Å². The topological polar surface area (TPSA) is 144 Å². The number of nitrogens with one attached hydrogen (secondary N) is 1. The van der Waals surface area contributed by atoms with E-state index in [9.17, 15) is 30.3 Å². The summed E-state index contributed by atoms with van der Waals surface area (Å²) in [4.78, 5) is 13.5. The Morgan fingerprint density at radius 3 is 2.51 bits per heavy atom. The molecule has 1 aliphatic heterocycles. The Hall–Kier alpha value is -3.31. The van der Waals surface area contributed by atoms with Gasteiger partial charge in [0.25, 0.3) is 5.91 Å². The van der Waals surface area contributed by atoms with Crippen LogP contribution in [0.3, 0.4) is 0 Å². The number of para-hydroxylation sites is 1. The molecule has 1 aliphatic rings. The number of amides is 1. The fraction of sp³-hybridized carbons (Fsp3) is 0.321. The summed E-state index contributed by atoms with van der Waals surface area (Å²) in [6.07, 6.45) is -4.88. The molecule has 6 N–H and O–H groups in total. The molecule has 0 bridgehead atoms. The number of ether oxygens (including phenoxy) is 1. The third-order valence-corrected chi connectivity index (χ3v) is 7.28. The molecule has 5 rings (SSSR count). The minimum atomic E-state index is -2.10. The Morgan fingerprint density at radius 1 is 1.03 bits per heavy atom. The predicted octanol–water partition coefficient (Wildman–Crippen LogP) is 1.04. The van der Waals surface area contributed by atoms with Gasteiger partial charge in [-0.05, 0) is 34.9 Å². The van der Waals surface area contributed by atoms with Crippen LogP contribution in [-0.2, 0) is 11.3 Å². The van der Waals surface area contributed by atoms with Crippen LogP contribution in [0.1, 0.15) is 21.5 Å². The maximum Gasteiger partial charge on any atom is 0.254 e. The van der Waals surface area contributed by atoms with Gasteiger partial charge < -0.3 is 40.2 Å². The second-order valence-corrected chi connectivity index (χ2v) is 9.62. The van der Waals surface area contributed by atoms with Gasteiger partial charge in [-0.25, -0.2) is 0 Å². The number of aromatic nitrogens is 1. The second-order valence-electron chi connectivity index (χ2n) is 9.62. The van der Waals surface area contributed by atoms with Crippen LogP contribution in [-0.4, -0.2) is 79.4 Å². The lowest BCUT2D eigenvalue weighted by atomic mass is 9.83. The summed E-state index contributed by atoms with van der Waals surface area (Å²) < 4.78 is 7.17. The number of aryl methyl sites for hydroxylation is 1.